The van der Waals surface area contributed by atoms with Crippen LogP contribution in [0.4, 0.5) is 0 Å². The number of hydrogen-bond acceptors (Lipinski definition) is 4. The first kappa shape index (κ1) is 19.8. The van der Waals surface area contributed by atoms with Gasteiger partial charge in [0.1, 0.15) is 11.5 Å². The Labute approximate surface area is 155 Å². The quantitative estimate of drug-likeness (QED) is 0.790. The number of amides is 1. The van der Waals surface area contributed by atoms with Crippen molar-refractivity contribution in [3.05, 3.63) is 59.2 Å². The fourth-order valence-corrected chi connectivity index (χ4v) is 2.81. The number of hydrogen-bond donors (Lipinski definition) is 1. The van der Waals surface area contributed by atoms with Crippen LogP contribution in [0.2, 0.25) is 0 Å². The highest BCUT2D eigenvalue weighted by Crippen LogP contribution is 2.22. The van der Waals surface area contributed by atoms with Crippen molar-refractivity contribution in [2.24, 2.45) is 0 Å². The Balaban J connectivity index is 1.92. The lowest BCUT2D eigenvalue weighted by molar-refractivity contribution is -0.123. The molecule has 5 nitrogen and oxygen atoms in total. The fraction of sp³-hybridized carbons (Fsp3) is 0.381. The molecule has 0 aromatic heterocycles. The molecule has 2 aromatic rings. The summed E-state index contributed by atoms with van der Waals surface area (Å²) in [6, 6.07) is 13.9. The van der Waals surface area contributed by atoms with E-state index in [4.69, 9.17) is 9.47 Å². The van der Waals surface area contributed by atoms with E-state index in [0.29, 0.717) is 6.54 Å². The van der Waals surface area contributed by atoms with Crippen molar-refractivity contribution in [2.75, 3.05) is 34.4 Å². The van der Waals surface area contributed by atoms with Crippen LogP contribution in [0.5, 0.6) is 11.5 Å². The zero-order chi connectivity index (χ0) is 19.1. The standard InChI is InChI=1S/C21H28N2O3/c1-15-9-10-20(16(2)11-15)26-14-21(24)22-13-19(23(3)4)17-7-6-8-18(12-17)25-5/h6-12,19H,13-14H2,1-5H3,(H,22,24). The van der Waals surface area contributed by atoms with E-state index < -0.39 is 0 Å². The Hall–Kier alpha value is -2.53. The minimum absolute atomic E-state index is 0.00214. The summed E-state index contributed by atoms with van der Waals surface area (Å²) in [5, 5.41) is 2.95. The van der Waals surface area contributed by atoms with Crippen molar-refractivity contribution < 1.29 is 14.3 Å². The Morgan fingerprint density at radius 2 is 1.92 bits per heavy atom. The zero-order valence-corrected chi connectivity index (χ0v) is 16.2. The molecule has 1 unspecified atom stereocenters. The lowest BCUT2D eigenvalue weighted by Gasteiger charge is -2.25. The van der Waals surface area contributed by atoms with Gasteiger partial charge in [0, 0.05) is 6.54 Å². The van der Waals surface area contributed by atoms with Crippen molar-refractivity contribution in [2.45, 2.75) is 19.9 Å². The van der Waals surface area contributed by atoms with Gasteiger partial charge in [-0.3, -0.25) is 4.79 Å². The molecule has 0 fully saturated rings. The van der Waals surface area contributed by atoms with Crippen LogP contribution in [0.25, 0.3) is 0 Å². The van der Waals surface area contributed by atoms with Gasteiger partial charge in [0.25, 0.3) is 5.91 Å². The van der Waals surface area contributed by atoms with Crippen LogP contribution in [0.3, 0.4) is 0 Å². The van der Waals surface area contributed by atoms with Crippen LogP contribution in [0, 0.1) is 13.8 Å². The van der Waals surface area contributed by atoms with Crippen LogP contribution in [0.15, 0.2) is 42.5 Å². The maximum atomic E-state index is 12.2. The van der Waals surface area contributed by atoms with Gasteiger partial charge in [-0.1, -0.05) is 29.8 Å². The highest BCUT2D eigenvalue weighted by molar-refractivity contribution is 5.77. The first-order valence-corrected chi connectivity index (χ1v) is 8.68. The van der Waals surface area contributed by atoms with E-state index in [-0.39, 0.29) is 18.6 Å². The Bertz CT molecular complexity index is 744. The molecule has 0 radical (unpaired) electrons. The van der Waals surface area contributed by atoms with Crippen molar-refractivity contribution in [1.82, 2.24) is 10.2 Å². The van der Waals surface area contributed by atoms with Crippen LogP contribution in [-0.2, 0) is 4.79 Å². The molecular weight excluding hydrogens is 328 g/mol. The zero-order valence-electron chi connectivity index (χ0n) is 16.2. The summed E-state index contributed by atoms with van der Waals surface area (Å²) in [6.45, 7) is 4.51. The third kappa shape index (κ3) is 5.49. The first-order valence-electron chi connectivity index (χ1n) is 8.68. The largest absolute Gasteiger partial charge is 0.497 e. The van der Waals surface area contributed by atoms with Gasteiger partial charge >= 0.3 is 0 Å². The van der Waals surface area contributed by atoms with Crippen molar-refractivity contribution in [3.63, 3.8) is 0 Å². The van der Waals surface area contributed by atoms with E-state index in [9.17, 15) is 4.79 Å². The number of nitrogens with one attached hydrogen (secondary N) is 1. The maximum Gasteiger partial charge on any atom is 0.258 e. The number of carbonyl (C=O) groups is 1. The summed E-state index contributed by atoms with van der Waals surface area (Å²) in [4.78, 5) is 14.3. The van der Waals surface area contributed by atoms with Crippen molar-refractivity contribution in [3.8, 4) is 11.5 Å². The molecule has 1 atom stereocenters. The fourth-order valence-electron chi connectivity index (χ4n) is 2.81. The topological polar surface area (TPSA) is 50.8 Å². The van der Waals surface area contributed by atoms with E-state index in [2.05, 4.69) is 10.2 Å². The molecule has 1 N–H and O–H groups in total. The van der Waals surface area contributed by atoms with Gasteiger partial charge < -0.3 is 19.7 Å². The third-order valence-electron chi connectivity index (χ3n) is 4.28. The van der Waals surface area contributed by atoms with Gasteiger partial charge in [0.15, 0.2) is 6.61 Å². The lowest BCUT2D eigenvalue weighted by atomic mass is 10.1. The Morgan fingerprint density at radius 3 is 2.58 bits per heavy atom. The van der Waals surface area contributed by atoms with Gasteiger partial charge in [-0.2, -0.15) is 0 Å². The van der Waals surface area contributed by atoms with Crippen molar-refractivity contribution in [1.29, 1.82) is 0 Å². The lowest BCUT2D eigenvalue weighted by Crippen LogP contribution is -2.36. The Morgan fingerprint density at radius 1 is 1.15 bits per heavy atom. The van der Waals surface area contributed by atoms with E-state index in [1.54, 1.807) is 7.11 Å². The minimum atomic E-state index is -0.139. The summed E-state index contributed by atoms with van der Waals surface area (Å²) < 4.78 is 10.9. The highest BCUT2D eigenvalue weighted by atomic mass is 16.5. The molecular formula is C21H28N2O3. The molecule has 0 bridgehead atoms. The number of aryl methyl sites for hydroxylation is 2. The second-order valence-corrected chi connectivity index (χ2v) is 6.62. The number of nitrogens with zero attached hydrogens (tertiary/aromatic N) is 1. The molecule has 0 spiro atoms. The SMILES string of the molecule is COc1cccc(C(CNC(=O)COc2ccc(C)cc2C)N(C)C)c1. The number of ether oxygens (including phenoxy) is 2. The number of carbonyl (C=O) groups excluding carboxylic acids is 1. The van der Waals surface area contributed by atoms with Gasteiger partial charge in [0.2, 0.25) is 0 Å². The van der Waals surface area contributed by atoms with Crippen LogP contribution < -0.4 is 14.8 Å². The smallest absolute Gasteiger partial charge is 0.258 e. The van der Waals surface area contributed by atoms with Gasteiger partial charge in [-0.05, 0) is 57.3 Å². The second-order valence-electron chi connectivity index (χ2n) is 6.62. The van der Waals surface area contributed by atoms with E-state index >= 15 is 0 Å². The molecule has 140 valence electrons. The summed E-state index contributed by atoms with van der Waals surface area (Å²) >= 11 is 0. The predicted molar refractivity (Wildman–Crippen MR) is 104 cm³/mol. The molecule has 0 saturated heterocycles. The number of methoxy groups -OCH3 is 1. The molecule has 1 amide bonds. The van der Waals surface area contributed by atoms with Crippen LogP contribution in [-0.4, -0.2) is 45.2 Å². The van der Waals surface area contributed by atoms with Gasteiger partial charge in [0.05, 0.1) is 13.2 Å². The highest BCUT2D eigenvalue weighted by Gasteiger charge is 2.16. The van der Waals surface area contributed by atoms with Crippen LogP contribution in [0.1, 0.15) is 22.7 Å². The normalized spacial score (nSPS) is 11.9. The van der Waals surface area contributed by atoms with E-state index in [1.165, 1.54) is 5.56 Å². The number of likely N-dealkylation sites (N-methyl/N-ethyl adjacent to an activating group) is 1. The summed E-state index contributed by atoms with van der Waals surface area (Å²) in [7, 11) is 5.63. The third-order valence-corrected chi connectivity index (χ3v) is 4.28. The molecule has 2 rings (SSSR count). The monoisotopic (exact) mass is 356 g/mol. The molecule has 0 aliphatic rings. The summed E-state index contributed by atoms with van der Waals surface area (Å²) in [5.41, 5.74) is 3.29. The van der Waals surface area contributed by atoms with Crippen LogP contribution >= 0.6 is 0 Å². The summed E-state index contributed by atoms with van der Waals surface area (Å²) in [5.74, 6) is 1.40. The Kier molecular flexibility index (Phi) is 7.04. The van der Waals surface area contributed by atoms with E-state index in [0.717, 1.165) is 22.6 Å². The molecule has 26 heavy (non-hydrogen) atoms. The average Bonchev–Trinajstić information content (AvgIpc) is 2.61. The second kappa shape index (κ2) is 9.25. The van der Waals surface area contributed by atoms with E-state index in [1.807, 2.05) is 70.4 Å². The predicted octanol–water partition coefficient (Wildman–Crippen LogP) is 3.11. The minimum Gasteiger partial charge on any atom is -0.497 e. The average molecular weight is 356 g/mol. The first-order chi connectivity index (χ1) is 12.4. The molecule has 0 saturated carbocycles. The molecule has 0 aliphatic carbocycles. The molecule has 0 heterocycles. The number of benzene rings is 2. The molecule has 0 aliphatic heterocycles. The van der Waals surface area contributed by atoms with Gasteiger partial charge in [-0.25, -0.2) is 0 Å². The summed E-state index contributed by atoms with van der Waals surface area (Å²) in [6.07, 6.45) is 0. The number of rotatable bonds is 8. The molecule has 5 heteroatoms. The maximum absolute atomic E-state index is 12.2. The van der Waals surface area contributed by atoms with Crippen molar-refractivity contribution >= 4 is 5.91 Å². The molecule has 2 aromatic carbocycles. The van der Waals surface area contributed by atoms with Gasteiger partial charge in [-0.15, -0.1) is 0 Å².